The zero-order chi connectivity index (χ0) is 15.1. The van der Waals surface area contributed by atoms with Gasteiger partial charge in [-0.3, -0.25) is 4.79 Å². The van der Waals surface area contributed by atoms with Gasteiger partial charge in [-0.2, -0.15) is 5.10 Å². The number of para-hydroxylation sites is 1. The maximum atomic E-state index is 11.7. The van der Waals surface area contributed by atoms with Crippen molar-refractivity contribution in [2.45, 2.75) is 6.42 Å². The van der Waals surface area contributed by atoms with E-state index in [4.69, 9.17) is 4.74 Å². The van der Waals surface area contributed by atoms with E-state index < -0.39 is 0 Å². The summed E-state index contributed by atoms with van der Waals surface area (Å²) in [6.07, 6.45) is 1.63. The van der Waals surface area contributed by atoms with Crippen LogP contribution in [0.4, 0.5) is 0 Å². The molecule has 0 spiro atoms. The summed E-state index contributed by atoms with van der Waals surface area (Å²) < 4.78 is 4.99. The minimum absolute atomic E-state index is 0.0129. The third-order valence-electron chi connectivity index (χ3n) is 2.85. The van der Waals surface area contributed by atoms with E-state index in [1.54, 1.807) is 18.2 Å². The van der Waals surface area contributed by atoms with Gasteiger partial charge in [0.15, 0.2) is 11.5 Å². The number of rotatable bonds is 5. The van der Waals surface area contributed by atoms with Gasteiger partial charge < -0.3 is 9.84 Å². The lowest BCUT2D eigenvalue weighted by molar-refractivity contribution is -0.120. The summed E-state index contributed by atoms with van der Waals surface area (Å²) >= 11 is 0. The maximum Gasteiger partial charge on any atom is 0.244 e. The summed E-state index contributed by atoms with van der Waals surface area (Å²) in [5.74, 6) is 0.121. The number of hydrogen-bond acceptors (Lipinski definition) is 4. The smallest absolute Gasteiger partial charge is 0.244 e. The molecule has 0 saturated carbocycles. The number of phenols is 1. The van der Waals surface area contributed by atoms with Gasteiger partial charge >= 0.3 is 0 Å². The molecule has 108 valence electrons. The lowest BCUT2D eigenvalue weighted by Gasteiger charge is -2.05. The predicted octanol–water partition coefficient (Wildman–Crippen LogP) is 2.09. The summed E-state index contributed by atoms with van der Waals surface area (Å²) in [5.41, 5.74) is 3.80. The highest BCUT2D eigenvalue weighted by Crippen LogP contribution is 2.27. The minimum Gasteiger partial charge on any atom is -0.504 e. The molecule has 21 heavy (non-hydrogen) atoms. The Morgan fingerprint density at radius 1 is 1.24 bits per heavy atom. The Morgan fingerprint density at radius 2 is 2.00 bits per heavy atom. The predicted molar refractivity (Wildman–Crippen MR) is 80.5 cm³/mol. The van der Waals surface area contributed by atoms with Crippen molar-refractivity contribution in [1.82, 2.24) is 5.43 Å². The molecular formula is C16H16N2O3. The Balaban J connectivity index is 1.95. The van der Waals surface area contributed by atoms with Crippen molar-refractivity contribution < 1.29 is 14.6 Å². The second-order valence-electron chi connectivity index (χ2n) is 4.35. The average Bonchev–Trinajstić information content (AvgIpc) is 2.50. The second-order valence-corrected chi connectivity index (χ2v) is 4.35. The molecule has 1 amide bonds. The molecule has 2 N–H and O–H groups in total. The second kappa shape index (κ2) is 7.09. The number of ether oxygens (including phenoxy) is 1. The molecule has 2 aromatic rings. The van der Waals surface area contributed by atoms with Crippen molar-refractivity contribution in [3.8, 4) is 11.5 Å². The van der Waals surface area contributed by atoms with Crippen LogP contribution in [0.5, 0.6) is 11.5 Å². The Kier molecular flexibility index (Phi) is 4.93. The normalized spacial score (nSPS) is 10.5. The van der Waals surface area contributed by atoms with Gasteiger partial charge in [-0.05, 0) is 17.7 Å². The van der Waals surface area contributed by atoms with Gasteiger partial charge in [-0.15, -0.1) is 0 Å². The number of hydrazone groups is 1. The van der Waals surface area contributed by atoms with Crippen LogP contribution in [0.1, 0.15) is 11.1 Å². The van der Waals surface area contributed by atoms with E-state index in [1.807, 2.05) is 30.3 Å². The van der Waals surface area contributed by atoms with E-state index in [0.717, 1.165) is 5.56 Å². The Morgan fingerprint density at radius 3 is 2.71 bits per heavy atom. The first kappa shape index (κ1) is 14.6. The van der Waals surface area contributed by atoms with Crippen molar-refractivity contribution in [3.63, 3.8) is 0 Å². The summed E-state index contributed by atoms with van der Waals surface area (Å²) in [7, 11) is 1.47. The lowest BCUT2D eigenvalue weighted by Crippen LogP contribution is -2.19. The van der Waals surface area contributed by atoms with Crippen LogP contribution < -0.4 is 10.2 Å². The molecule has 0 atom stereocenters. The van der Waals surface area contributed by atoms with Crippen LogP contribution in [0.2, 0.25) is 0 Å². The maximum absolute atomic E-state index is 11.7. The van der Waals surface area contributed by atoms with Crippen LogP contribution in [-0.4, -0.2) is 24.3 Å². The van der Waals surface area contributed by atoms with E-state index in [0.29, 0.717) is 11.3 Å². The average molecular weight is 284 g/mol. The SMILES string of the molecule is COc1cccc(C=NNC(=O)Cc2ccccc2)c1O. The topological polar surface area (TPSA) is 70.9 Å². The summed E-state index contributed by atoms with van der Waals surface area (Å²) in [4.78, 5) is 11.7. The van der Waals surface area contributed by atoms with Crippen LogP contribution in [0, 0.1) is 0 Å². The van der Waals surface area contributed by atoms with Gasteiger partial charge in [0.05, 0.1) is 19.7 Å². The lowest BCUT2D eigenvalue weighted by atomic mass is 10.1. The van der Waals surface area contributed by atoms with E-state index in [-0.39, 0.29) is 18.1 Å². The largest absolute Gasteiger partial charge is 0.504 e. The summed E-state index contributed by atoms with van der Waals surface area (Å²) in [6.45, 7) is 0. The first-order chi connectivity index (χ1) is 10.2. The molecule has 0 heterocycles. The fraction of sp³-hybridized carbons (Fsp3) is 0.125. The molecule has 0 saturated heterocycles. The number of amides is 1. The Bertz CT molecular complexity index is 639. The van der Waals surface area contributed by atoms with Crippen LogP contribution in [0.25, 0.3) is 0 Å². The number of carbonyl (C=O) groups excluding carboxylic acids is 1. The number of benzene rings is 2. The van der Waals surface area contributed by atoms with Crippen LogP contribution >= 0.6 is 0 Å². The first-order valence-corrected chi connectivity index (χ1v) is 6.42. The number of methoxy groups -OCH3 is 1. The van der Waals surface area contributed by atoms with E-state index >= 15 is 0 Å². The summed E-state index contributed by atoms with van der Waals surface area (Å²) in [5, 5.41) is 13.7. The van der Waals surface area contributed by atoms with E-state index in [9.17, 15) is 9.90 Å². The molecule has 0 aromatic heterocycles. The molecule has 0 fully saturated rings. The first-order valence-electron chi connectivity index (χ1n) is 6.42. The van der Waals surface area contributed by atoms with Gasteiger partial charge in [0.25, 0.3) is 0 Å². The quantitative estimate of drug-likeness (QED) is 0.652. The highest BCUT2D eigenvalue weighted by Gasteiger charge is 2.05. The number of carbonyl (C=O) groups is 1. The van der Waals surface area contributed by atoms with Crippen LogP contribution in [0.3, 0.4) is 0 Å². The fourth-order valence-electron chi connectivity index (χ4n) is 1.80. The van der Waals surface area contributed by atoms with Gasteiger partial charge in [0.2, 0.25) is 5.91 Å². The molecule has 0 aliphatic heterocycles. The molecule has 0 radical (unpaired) electrons. The van der Waals surface area contributed by atoms with E-state index in [2.05, 4.69) is 10.5 Å². The van der Waals surface area contributed by atoms with Gasteiger partial charge in [0.1, 0.15) is 0 Å². The van der Waals surface area contributed by atoms with Crippen molar-refractivity contribution >= 4 is 12.1 Å². The van der Waals surface area contributed by atoms with Crippen LogP contribution in [0.15, 0.2) is 53.6 Å². The van der Waals surface area contributed by atoms with E-state index in [1.165, 1.54) is 13.3 Å². The van der Waals surface area contributed by atoms with Gasteiger partial charge in [-0.25, -0.2) is 5.43 Å². The fourth-order valence-corrected chi connectivity index (χ4v) is 1.80. The monoisotopic (exact) mass is 284 g/mol. The molecule has 2 aromatic carbocycles. The highest BCUT2D eigenvalue weighted by atomic mass is 16.5. The molecule has 2 rings (SSSR count). The minimum atomic E-state index is -0.222. The van der Waals surface area contributed by atoms with Gasteiger partial charge in [0, 0.05) is 5.56 Å². The summed E-state index contributed by atoms with van der Waals surface area (Å²) in [6, 6.07) is 14.4. The highest BCUT2D eigenvalue weighted by molar-refractivity contribution is 5.86. The molecule has 0 unspecified atom stereocenters. The number of hydrogen-bond donors (Lipinski definition) is 2. The number of nitrogens with one attached hydrogen (secondary N) is 1. The number of phenolic OH excluding ortho intramolecular Hbond substituents is 1. The molecular weight excluding hydrogens is 268 g/mol. The van der Waals surface area contributed by atoms with Crippen LogP contribution in [-0.2, 0) is 11.2 Å². The van der Waals surface area contributed by atoms with Crippen molar-refractivity contribution in [2.24, 2.45) is 5.10 Å². The molecule has 5 nitrogen and oxygen atoms in total. The number of nitrogens with zero attached hydrogens (tertiary/aromatic N) is 1. The van der Waals surface area contributed by atoms with Crippen molar-refractivity contribution in [2.75, 3.05) is 7.11 Å². The zero-order valence-corrected chi connectivity index (χ0v) is 11.6. The Hall–Kier alpha value is -2.82. The molecule has 0 bridgehead atoms. The Labute approximate surface area is 122 Å². The van der Waals surface area contributed by atoms with Gasteiger partial charge in [-0.1, -0.05) is 36.4 Å². The third kappa shape index (κ3) is 4.07. The van der Waals surface area contributed by atoms with Crippen molar-refractivity contribution in [3.05, 3.63) is 59.7 Å². The molecule has 0 aliphatic carbocycles. The third-order valence-corrected chi connectivity index (χ3v) is 2.85. The zero-order valence-electron chi connectivity index (χ0n) is 11.6. The molecule has 0 aliphatic rings. The number of aromatic hydroxyl groups is 1. The standard InChI is InChI=1S/C16H16N2O3/c1-21-14-9-5-8-13(16(14)20)11-17-18-15(19)10-12-6-3-2-4-7-12/h2-9,11,20H,10H2,1H3,(H,18,19). The van der Waals surface area contributed by atoms with Crippen molar-refractivity contribution in [1.29, 1.82) is 0 Å². The molecule has 5 heteroatoms.